The molecule has 9 nitrogen and oxygen atoms in total. The highest BCUT2D eigenvalue weighted by Crippen LogP contribution is 2.38. The molecule has 274 valence electrons. The summed E-state index contributed by atoms with van der Waals surface area (Å²) in [7, 11) is 0. The lowest BCUT2D eigenvalue weighted by Gasteiger charge is -2.25. The first-order valence-electron chi connectivity index (χ1n) is 17.5. The van der Waals surface area contributed by atoms with E-state index in [2.05, 4.69) is 11.8 Å². The Morgan fingerprint density at radius 1 is 0.627 bits per heavy atom. The van der Waals surface area contributed by atoms with Gasteiger partial charge >= 0.3 is 17.1 Å². The number of aryl methyl sites for hydroxylation is 2. The predicted octanol–water partition coefficient (Wildman–Crippen LogP) is 6.95. The van der Waals surface area contributed by atoms with Gasteiger partial charge in [0.15, 0.2) is 5.76 Å². The number of aromatic hydroxyl groups is 2. The Bertz CT molecular complexity index is 2110. The summed E-state index contributed by atoms with van der Waals surface area (Å²) in [5, 5.41) is 33.3. The van der Waals surface area contributed by atoms with E-state index in [0.717, 1.165) is 41.5 Å². The van der Waals surface area contributed by atoms with E-state index >= 15 is 0 Å². The van der Waals surface area contributed by atoms with Gasteiger partial charge in [0, 0.05) is 12.1 Å². The number of phenolic OH excluding ortho intramolecular Hbond substituents is 2. The van der Waals surface area contributed by atoms with Gasteiger partial charge in [0.2, 0.25) is 0 Å². The van der Waals surface area contributed by atoms with Crippen LogP contribution in [0.2, 0.25) is 0 Å². The van der Waals surface area contributed by atoms with Gasteiger partial charge in [0.1, 0.15) is 11.5 Å². The summed E-state index contributed by atoms with van der Waals surface area (Å²) in [4.78, 5) is 43.0. The standard InChI is InChI=1S/C42H55N3O6/c1-23-17-31(40(6,7)8)34(46)16-15-28(23)20-43-37(49)44(21-29-24(2)18-32(41(9,10)11)35(47)26(29)4)39(51)45(38(43)50)22-30-25(3)19-33(42(12,13)14)36(48)27(30)5/h17-19,28,46-48H,20-22H2,1-14H3. The molecule has 2 aromatic carbocycles. The normalized spacial score (nSPS) is 15.4. The highest BCUT2D eigenvalue weighted by molar-refractivity contribution is 5.52. The third kappa shape index (κ3) is 7.51. The lowest BCUT2D eigenvalue weighted by molar-refractivity contribution is 0.402. The Morgan fingerprint density at radius 3 is 1.39 bits per heavy atom. The van der Waals surface area contributed by atoms with Crippen molar-refractivity contribution in [2.45, 2.75) is 127 Å². The average Bonchev–Trinajstić information content (AvgIpc) is 3.14. The molecular formula is C42H55N3O6. The summed E-state index contributed by atoms with van der Waals surface area (Å²) in [5.41, 5.74) is 3.31. The van der Waals surface area contributed by atoms with Gasteiger partial charge in [0.05, 0.1) is 19.0 Å². The Balaban J connectivity index is 1.99. The van der Waals surface area contributed by atoms with Crippen molar-refractivity contribution in [2.75, 3.05) is 0 Å². The summed E-state index contributed by atoms with van der Waals surface area (Å²) < 4.78 is 3.13. The average molecular weight is 698 g/mol. The largest absolute Gasteiger partial charge is 0.507 e. The molecular weight excluding hydrogens is 642 g/mol. The van der Waals surface area contributed by atoms with Gasteiger partial charge in [0.25, 0.3) is 0 Å². The first-order chi connectivity index (χ1) is 23.3. The molecule has 3 aromatic rings. The number of hydrogen-bond acceptors (Lipinski definition) is 6. The van der Waals surface area contributed by atoms with Crippen molar-refractivity contribution in [3.05, 3.63) is 111 Å². The fraction of sp³-hybridized carbons (Fsp3) is 0.500. The van der Waals surface area contributed by atoms with Crippen LogP contribution in [0.15, 0.2) is 49.5 Å². The fourth-order valence-corrected chi connectivity index (χ4v) is 6.76. The number of nitrogens with zero attached hydrogens (tertiary/aromatic N) is 3. The molecule has 1 aromatic heterocycles. The van der Waals surface area contributed by atoms with E-state index in [1.165, 1.54) is 0 Å². The molecule has 0 radical (unpaired) electrons. The van der Waals surface area contributed by atoms with Crippen molar-refractivity contribution in [3.8, 4) is 23.3 Å². The Morgan fingerprint density at radius 2 is 1.02 bits per heavy atom. The minimum absolute atomic E-state index is 0.0620. The van der Waals surface area contributed by atoms with Gasteiger partial charge < -0.3 is 15.3 Å². The zero-order valence-corrected chi connectivity index (χ0v) is 32.8. The van der Waals surface area contributed by atoms with Crippen LogP contribution in [0.1, 0.15) is 114 Å². The molecule has 3 N–H and O–H groups in total. The smallest absolute Gasteiger partial charge is 0.336 e. The molecule has 0 saturated carbocycles. The van der Waals surface area contributed by atoms with Crippen LogP contribution in [0.25, 0.3) is 0 Å². The van der Waals surface area contributed by atoms with E-state index in [9.17, 15) is 29.7 Å². The number of allylic oxidation sites excluding steroid dienone is 4. The van der Waals surface area contributed by atoms with Gasteiger partial charge in [-0.15, -0.1) is 0 Å². The van der Waals surface area contributed by atoms with E-state index in [1.807, 2.05) is 101 Å². The van der Waals surface area contributed by atoms with Crippen molar-refractivity contribution in [3.63, 3.8) is 0 Å². The second kappa shape index (κ2) is 13.4. The van der Waals surface area contributed by atoms with E-state index in [-0.39, 0.29) is 47.7 Å². The zero-order chi connectivity index (χ0) is 38.7. The first kappa shape index (κ1) is 39.1. The summed E-state index contributed by atoms with van der Waals surface area (Å²) in [5.74, 6) is 5.39. The van der Waals surface area contributed by atoms with E-state index < -0.39 is 28.4 Å². The molecule has 1 aliphatic carbocycles. The molecule has 51 heavy (non-hydrogen) atoms. The van der Waals surface area contributed by atoms with Crippen LogP contribution >= 0.6 is 0 Å². The summed E-state index contributed by atoms with van der Waals surface area (Å²) in [6, 6.07) is 3.76. The summed E-state index contributed by atoms with van der Waals surface area (Å²) in [6.07, 6.45) is 1.84. The number of aromatic nitrogens is 3. The van der Waals surface area contributed by atoms with Crippen molar-refractivity contribution >= 4 is 0 Å². The maximum absolute atomic E-state index is 14.4. The molecule has 0 amide bonds. The number of benzene rings is 2. The van der Waals surface area contributed by atoms with Crippen LogP contribution < -0.4 is 17.1 Å². The molecule has 0 aliphatic heterocycles. The lowest BCUT2D eigenvalue weighted by atomic mass is 9.82. The lowest BCUT2D eigenvalue weighted by Crippen LogP contribution is -2.55. The summed E-state index contributed by atoms with van der Waals surface area (Å²) in [6.45, 7) is 26.5. The first-order valence-corrected chi connectivity index (χ1v) is 17.5. The van der Waals surface area contributed by atoms with Gasteiger partial charge in [-0.2, -0.15) is 0 Å². The SMILES string of the molecule is CC1=CC(C(C)(C)C)=C(O)C#CC1Cn1c(=O)n(Cc2c(C)cc(C(C)(C)C)c(O)c2C)c(=O)n(Cc2c(C)cc(C(C)(C)C)c(O)c2C)c1=O. The molecule has 1 atom stereocenters. The molecule has 1 aliphatic rings. The molecule has 1 unspecified atom stereocenters. The van der Waals surface area contributed by atoms with Crippen molar-refractivity contribution < 1.29 is 15.3 Å². The van der Waals surface area contributed by atoms with Gasteiger partial charge in [-0.25, -0.2) is 28.1 Å². The number of hydrogen-bond donors (Lipinski definition) is 3. The minimum atomic E-state index is -0.800. The van der Waals surface area contributed by atoms with Gasteiger partial charge in [-0.3, -0.25) is 0 Å². The second-order valence-electron chi connectivity index (χ2n) is 17.2. The Hall–Kier alpha value is -4.71. The maximum Gasteiger partial charge on any atom is 0.336 e. The molecule has 0 bridgehead atoms. The molecule has 0 fully saturated rings. The molecule has 9 heteroatoms. The van der Waals surface area contributed by atoms with Crippen LogP contribution in [0, 0.1) is 50.9 Å². The fourth-order valence-electron chi connectivity index (χ4n) is 6.76. The van der Waals surface area contributed by atoms with Crippen molar-refractivity contribution in [1.29, 1.82) is 0 Å². The van der Waals surface area contributed by atoms with Crippen LogP contribution in [0.5, 0.6) is 11.5 Å². The molecule has 4 rings (SSSR count). The number of phenols is 2. The highest BCUT2D eigenvalue weighted by Gasteiger charge is 2.28. The monoisotopic (exact) mass is 697 g/mol. The molecule has 0 spiro atoms. The minimum Gasteiger partial charge on any atom is -0.507 e. The third-order valence-corrected chi connectivity index (χ3v) is 10.1. The quantitative estimate of drug-likeness (QED) is 0.240. The van der Waals surface area contributed by atoms with E-state index in [4.69, 9.17) is 0 Å². The predicted molar refractivity (Wildman–Crippen MR) is 204 cm³/mol. The van der Waals surface area contributed by atoms with Gasteiger partial charge in [-0.05, 0) is 101 Å². The Labute approximate surface area is 301 Å². The topological polar surface area (TPSA) is 127 Å². The van der Waals surface area contributed by atoms with Gasteiger partial charge in [-0.1, -0.05) is 92.0 Å². The van der Waals surface area contributed by atoms with Crippen LogP contribution in [-0.4, -0.2) is 29.0 Å². The highest BCUT2D eigenvalue weighted by atomic mass is 16.3. The van der Waals surface area contributed by atoms with E-state index in [1.54, 1.807) is 13.8 Å². The van der Waals surface area contributed by atoms with Crippen LogP contribution in [0.4, 0.5) is 0 Å². The van der Waals surface area contributed by atoms with Crippen LogP contribution in [0.3, 0.4) is 0 Å². The van der Waals surface area contributed by atoms with Crippen molar-refractivity contribution in [2.24, 2.45) is 11.3 Å². The number of aliphatic hydroxyl groups is 1. The zero-order valence-electron chi connectivity index (χ0n) is 32.8. The number of rotatable bonds is 6. The third-order valence-electron chi connectivity index (χ3n) is 10.1. The molecule has 1 heterocycles. The second-order valence-corrected chi connectivity index (χ2v) is 17.2. The van der Waals surface area contributed by atoms with Crippen LogP contribution in [-0.2, 0) is 30.5 Å². The maximum atomic E-state index is 14.4. The van der Waals surface area contributed by atoms with E-state index in [0.29, 0.717) is 27.8 Å². The Kier molecular flexibility index (Phi) is 10.3. The van der Waals surface area contributed by atoms with Crippen molar-refractivity contribution in [1.82, 2.24) is 13.7 Å². The summed E-state index contributed by atoms with van der Waals surface area (Å²) >= 11 is 0. The number of aliphatic hydroxyl groups excluding tert-OH is 1. The molecule has 0 saturated heterocycles.